The Kier molecular flexibility index (Phi) is 5.78. The van der Waals surface area contributed by atoms with Crippen LogP contribution in [-0.2, 0) is 6.54 Å². The number of hydrogen-bond acceptors (Lipinski definition) is 1. The Morgan fingerprint density at radius 1 is 1.31 bits per heavy atom. The smallest absolute Gasteiger partial charge is 0.129 e. The van der Waals surface area contributed by atoms with Crippen LogP contribution in [0.3, 0.4) is 0 Å². The Balaban J connectivity index is 2.42. The van der Waals surface area contributed by atoms with Crippen LogP contribution in [0.2, 0.25) is 5.02 Å². The van der Waals surface area contributed by atoms with Gasteiger partial charge in [0.15, 0.2) is 0 Å². The molecule has 0 saturated carbocycles. The molecule has 0 amide bonds. The molecular weight excluding hydrogens is 225 g/mol. The van der Waals surface area contributed by atoms with Crippen molar-refractivity contribution in [2.24, 2.45) is 5.92 Å². The largest absolute Gasteiger partial charge is 0.312 e. The highest BCUT2D eigenvalue weighted by Gasteiger charge is 2.05. The molecule has 1 N–H and O–H groups in total. The Morgan fingerprint density at radius 3 is 2.56 bits per heavy atom. The number of halogens is 2. The van der Waals surface area contributed by atoms with Gasteiger partial charge in [-0.2, -0.15) is 0 Å². The van der Waals surface area contributed by atoms with Crippen molar-refractivity contribution in [3.63, 3.8) is 0 Å². The van der Waals surface area contributed by atoms with Crippen molar-refractivity contribution in [1.29, 1.82) is 0 Å². The van der Waals surface area contributed by atoms with Gasteiger partial charge in [-0.1, -0.05) is 44.4 Å². The standard InChI is InChI=1S/C13H19ClFN/c1-3-10(4-2)8-16-9-11-5-6-12(14)7-13(11)15/h5-7,10,16H,3-4,8-9H2,1-2H3. The summed E-state index contributed by atoms with van der Waals surface area (Å²) in [7, 11) is 0. The fourth-order valence-electron chi connectivity index (χ4n) is 1.65. The maximum Gasteiger partial charge on any atom is 0.129 e. The van der Waals surface area contributed by atoms with E-state index in [0.717, 1.165) is 19.4 Å². The third-order valence-corrected chi connectivity index (χ3v) is 3.15. The first-order valence-electron chi connectivity index (χ1n) is 5.82. The maximum atomic E-state index is 13.4. The summed E-state index contributed by atoms with van der Waals surface area (Å²) < 4.78 is 13.4. The second kappa shape index (κ2) is 6.87. The third kappa shape index (κ3) is 4.11. The van der Waals surface area contributed by atoms with Gasteiger partial charge in [0.05, 0.1) is 0 Å². The predicted molar refractivity (Wildman–Crippen MR) is 67.2 cm³/mol. The fourth-order valence-corrected chi connectivity index (χ4v) is 1.81. The molecule has 1 aromatic rings. The lowest BCUT2D eigenvalue weighted by molar-refractivity contribution is 0.446. The van der Waals surface area contributed by atoms with Gasteiger partial charge in [-0.15, -0.1) is 0 Å². The van der Waals surface area contributed by atoms with E-state index in [9.17, 15) is 4.39 Å². The van der Waals surface area contributed by atoms with Crippen molar-refractivity contribution in [2.45, 2.75) is 33.2 Å². The minimum atomic E-state index is -0.232. The summed E-state index contributed by atoms with van der Waals surface area (Å²) in [6, 6.07) is 4.81. The molecule has 0 heterocycles. The van der Waals surface area contributed by atoms with Crippen LogP contribution in [0.4, 0.5) is 4.39 Å². The summed E-state index contributed by atoms with van der Waals surface area (Å²) in [6.07, 6.45) is 2.32. The molecule has 16 heavy (non-hydrogen) atoms. The van der Waals surface area contributed by atoms with Crippen LogP contribution in [0.1, 0.15) is 32.3 Å². The SMILES string of the molecule is CCC(CC)CNCc1ccc(Cl)cc1F. The molecule has 0 aromatic heterocycles. The van der Waals surface area contributed by atoms with Crippen LogP contribution >= 0.6 is 11.6 Å². The Labute approximate surface area is 102 Å². The Bertz CT molecular complexity index is 324. The molecule has 1 aromatic carbocycles. The molecule has 0 saturated heterocycles. The second-order valence-electron chi connectivity index (χ2n) is 4.05. The lowest BCUT2D eigenvalue weighted by Gasteiger charge is -2.13. The van der Waals surface area contributed by atoms with E-state index >= 15 is 0 Å². The number of rotatable bonds is 6. The van der Waals surface area contributed by atoms with Crippen LogP contribution in [0.5, 0.6) is 0 Å². The highest BCUT2D eigenvalue weighted by molar-refractivity contribution is 6.30. The first-order chi connectivity index (χ1) is 7.67. The van der Waals surface area contributed by atoms with Crippen LogP contribution < -0.4 is 5.32 Å². The quantitative estimate of drug-likeness (QED) is 0.796. The molecule has 1 nitrogen and oxygen atoms in total. The molecule has 3 heteroatoms. The number of hydrogen-bond donors (Lipinski definition) is 1. The minimum Gasteiger partial charge on any atom is -0.312 e. The molecule has 0 aliphatic rings. The number of benzene rings is 1. The first-order valence-corrected chi connectivity index (χ1v) is 6.19. The van der Waals surface area contributed by atoms with Crippen molar-refractivity contribution in [3.05, 3.63) is 34.6 Å². The zero-order chi connectivity index (χ0) is 12.0. The summed E-state index contributed by atoms with van der Waals surface area (Å²) in [5, 5.41) is 3.73. The van der Waals surface area contributed by atoms with Gasteiger partial charge in [-0.05, 0) is 24.6 Å². The molecular formula is C13H19ClFN. The molecule has 90 valence electrons. The summed E-state index contributed by atoms with van der Waals surface area (Å²) in [5.41, 5.74) is 0.676. The second-order valence-corrected chi connectivity index (χ2v) is 4.49. The van der Waals surface area contributed by atoms with Crippen molar-refractivity contribution in [2.75, 3.05) is 6.54 Å². The molecule has 0 fully saturated rings. The molecule has 0 aliphatic carbocycles. The summed E-state index contributed by atoms with van der Waals surface area (Å²) in [4.78, 5) is 0. The minimum absolute atomic E-state index is 0.232. The molecule has 0 aliphatic heterocycles. The first kappa shape index (κ1) is 13.5. The van der Waals surface area contributed by atoms with Crippen molar-refractivity contribution < 1.29 is 4.39 Å². The van der Waals surface area contributed by atoms with Gasteiger partial charge >= 0.3 is 0 Å². The lowest BCUT2D eigenvalue weighted by atomic mass is 10.0. The van der Waals surface area contributed by atoms with E-state index in [4.69, 9.17) is 11.6 Å². The Morgan fingerprint density at radius 2 is 2.00 bits per heavy atom. The van der Waals surface area contributed by atoms with Crippen LogP contribution in [0.15, 0.2) is 18.2 Å². The van der Waals surface area contributed by atoms with Crippen molar-refractivity contribution in [1.82, 2.24) is 5.32 Å². The molecule has 0 spiro atoms. The topological polar surface area (TPSA) is 12.0 Å². The van der Waals surface area contributed by atoms with E-state index in [0.29, 0.717) is 23.0 Å². The van der Waals surface area contributed by atoms with Crippen molar-refractivity contribution in [3.8, 4) is 0 Å². The fraction of sp³-hybridized carbons (Fsp3) is 0.538. The van der Waals surface area contributed by atoms with Crippen LogP contribution in [0.25, 0.3) is 0 Å². The molecule has 0 atom stereocenters. The molecule has 0 radical (unpaired) electrons. The highest BCUT2D eigenvalue weighted by Crippen LogP contribution is 2.14. The van der Waals surface area contributed by atoms with E-state index < -0.39 is 0 Å². The van der Waals surface area contributed by atoms with E-state index in [1.807, 2.05) is 0 Å². The van der Waals surface area contributed by atoms with Crippen molar-refractivity contribution >= 4 is 11.6 Å². The van der Waals surface area contributed by atoms with Gasteiger partial charge in [0.1, 0.15) is 5.82 Å². The van der Waals surface area contributed by atoms with E-state index in [1.165, 1.54) is 6.07 Å². The summed E-state index contributed by atoms with van der Waals surface area (Å²) >= 11 is 5.69. The number of nitrogens with one attached hydrogen (secondary N) is 1. The summed E-state index contributed by atoms with van der Waals surface area (Å²) in [5.74, 6) is 0.444. The predicted octanol–water partition coefficient (Wildman–Crippen LogP) is 4.00. The zero-order valence-corrected chi connectivity index (χ0v) is 10.6. The average molecular weight is 244 g/mol. The van der Waals surface area contributed by atoms with E-state index in [2.05, 4.69) is 19.2 Å². The van der Waals surface area contributed by atoms with Crippen LogP contribution in [0, 0.1) is 11.7 Å². The molecule has 1 rings (SSSR count). The molecule has 0 unspecified atom stereocenters. The van der Waals surface area contributed by atoms with Crippen LogP contribution in [-0.4, -0.2) is 6.54 Å². The highest BCUT2D eigenvalue weighted by atomic mass is 35.5. The summed E-state index contributed by atoms with van der Waals surface area (Å²) in [6.45, 7) is 5.87. The normalized spacial score (nSPS) is 11.1. The lowest BCUT2D eigenvalue weighted by Crippen LogP contribution is -2.22. The Hall–Kier alpha value is -0.600. The van der Waals surface area contributed by atoms with Gasteiger partial charge in [0.25, 0.3) is 0 Å². The van der Waals surface area contributed by atoms with Gasteiger partial charge < -0.3 is 5.32 Å². The third-order valence-electron chi connectivity index (χ3n) is 2.92. The van der Waals surface area contributed by atoms with Gasteiger partial charge in [0, 0.05) is 17.1 Å². The van der Waals surface area contributed by atoms with Gasteiger partial charge in [-0.25, -0.2) is 4.39 Å². The maximum absolute atomic E-state index is 13.4. The van der Waals surface area contributed by atoms with Gasteiger partial charge in [0.2, 0.25) is 0 Å². The van der Waals surface area contributed by atoms with E-state index in [1.54, 1.807) is 12.1 Å². The average Bonchev–Trinajstić information content (AvgIpc) is 2.27. The van der Waals surface area contributed by atoms with E-state index in [-0.39, 0.29) is 5.82 Å². The zero-order valence-electron chi connectivity index (χ0n) is 9.89. The monoisotopic (exact) mass is 243 g/mol. The molecule has 0 bridgehead atoms. The van der Waals surface area contributed by atoms with Gasteiger partial charge in [-0.3, -0.25) is 0 Å².